The summed E-state index contributed by atoms with van der Waals surface area (Å²) in [6, 6.07) is 11.2. The molecule has 0 aliphatic heterocycles. The van der Waals surface area contributed by atoms with Crippen molar-refractivity contribution >= 4 is 11.7 Å². The van der Waals surface area contributed by atoms with Gasteiger partial charge >= 0.3 is 6.03 Å². The minimum absolute atomic E-state index is 0.153. The molecule has 1 aromatic heterocycles. The summed E-state index contributed by atoms with van der Waals surface area (Å²) in [7, 11) is 0. The van der Waals surface area contributed by atoms with E-state index in [9.17, 15) is 4.79 Å². The van der Waals surface area contributed by atoms with Crippen molar-refractivity contribution in [3.63, 3.8) is 0 Å². The number of aromatic nitrogens is 1. The maximum Gasteiger partial charge on any atom is 0.319 e. The van der Waals surface area contributed by atoms with E-state index in [0.29, 0.717) is 13.2 Å². The van der Waals surface area contributed by atoms with Gasteiger partial charge in [0, 0.05) is 24.1 Å². The number of pyridine rings is 1. The SMILES string of the molecule is CCOCc1ccccc1NC(=O)N[C@@H](c1ncccc1C)C(C)C. The lowest BCUT2D eigenvalue weighted by atomic mass is 9.97. The highest BCUT2D eigenvalue weighted by Crippen LogP contribution is 2.23. The van der Waals surface area contributed by atoms with Gasteiger partial charge in [-0.25, -0.2) is 4.79 Å². The van der Waals surface area contributed by atoms with Crippen molar-refractivity contribution in [3.05, 3.63) is 59.4 Å². The zero-order chi connectivity index (χ0) is 18.2. The second-order valence-electron chi connectivity index (χ2n) is 6.32. The molecule has 0 radical (unpaired) electrons. The first kappa shape index (κ1) is 18.9. The minimum atomic E-state index is -0.243. The molecule has 134 valence electrons. The molecular formula is C20H27N3O2. The molecule has 0 saturated heterocycles. The van der Waals surface area contributed by atoms with Crippen LogP contribution >= 0.6 is 0 Å². The average molecular weight is 341 g/mol. The van der Waals surface area contributed by atoms with Crippen LogP contribution in [0.5, 0.6) is 0 Å². The molecule has 1 heterocycles. The molecule has 0 aliphatic rings. The average Bonchev–Trinajstić information content (AvgIpc) is 2.59. The monoisotopic (exact) mass is 341 g/mol. The van der Waals surface area contributed by atoms with Crippen molar-refractivity contribution in [2.75, 3.05) is 11.9 Å². The molecule has 0 fully saturated rings. The second-order valence-corrected chi connectivity index (χ2v) is 6.32. The van der Waals surface area contributed by atoms with Crippen LogP contribution in [0.4, 0.5) is 10.5 Å². The smallest absolute Gasteiger partial charge is 0.319 e. The summed E-state index contributed by atoms with van der Waals surface area (Å²) in [6.45, 7) is 9.21. The number of amides is 2. The third-order valence-corrected chi connectivity index (χ3v) is 4.03. The van der Waals surface area contributed by atoms with Crippen molar-refractivity contribution in [2.24, 2.45) is 5.92 Å². The number of hydrogen-bond donors (Lipinski definition) is 2. The van der Waals surface area contributed by atoms with Crippen LogP contribution in [0.25, 0.3) is 0 Å². The Balaban J connectivity index is 2.11. The van der Waals surface area contributed by atoms with Crippen molar-refractivity contribution in [1.82, 2.24) is 10.3 Å². The van der Waals surface area contributed by atoms with E-state index in [1.54, 1.807) is 6.20 Å². The van der Waals surface area contributed by atoms with Gasteiger partial charge < -0.3 is 15.4 Å². The number of ether oxygens (including phenoxy) is 1. The van der Waals surface area contributed by atoms with E-state index in [2.05, 4.69) is 29.5 Å². The van der Waals surface area contributed by atoms with Crippen LogP contribution in [0.1, 0.15) is 43.6 Å². The Bertz CT molecular complexity index is 701. The first-order chi connectivity index (χ1) is 12.0. The van der Waals surface area contributed by atoms with Gasteiger partial charge in [-0.1, -0.05) is 38.1 Å². The fourth-order valence-electron chi connectivity index (χ4n) is 2.65. The lowest BCUT2D eigenvalue weighted by Gasteiger charge is -2.24. The van der Waals surface area contributed by atoms with Crippen LogP contribution in [0.3, 0.4) is 0 Å². The van der Waals surface area contributed by atoms with Crippen molar-refractivity contribution in [3.8, 4) is 0 Å². The number of carbonyl (C=O) groups is 1. The largest absolute Gasteiger partial charge is 0.377 e. The highest BCUT2D eigenvalue weighted by atomic mass is 16.5. The first-order valence-corrected chi connectivity index (χ1v) is 8.67. The first-order valence-electron chi connectivity index (χ1n) is 8.67. The zero-order valence-electron chi connectivity index (χ0n) is 15.4. The number of carbonyl (C=O) groups excluding carboxylic acids is 1. The molecule has 0 bridgehead atoms. The molecule has 2 rings (SSSR count). The highest BCUT2D eigenvalue weighted by Gasteiger charge is 2.21. The van der Waals surface area contributed by atoms with E-state index < -0.39 is 0 Å². The number of aryl methyl sites for hydroxylation is 1. The molecule has 0 saturated carbocycles. The Kier molecular flexibility index (Phi) is 6.95. The molecule has 5 nitrogen and oxygen atoms in total. The third-order valence-electron chi connectivity index (χ3n) is 4.03. The van der Waals surface area contributed by atoms with Gasteiger partial charge in [0.1, 0.15) is 0 Å². The summed E-state index contributed by atoms with van der Waals surface area (Å²) in [4.78, 5) is 17.0. The molecular weight excluding hydrogens is 314 g/mol. The summed E-state index contributed by atoms with van der Waals surface area (Å²) in [5.41, 5.74) is 3.68. The van der Waals surface area contributed by atoms with E-state index in [1.807, 2.05) is 50.2 Å². The van der Waals surface area contributed by atoms with Crippen molar-refractivity contribution in [1.29, 1.82) is 0 Å². The van der Waals surface area contributed by atoms with E-state index in [-0.39, 0.29) is 18.0 Å². The lowest BCUT2D eigenvalue weighted by Crippen LogP contribution is -2.36. The number of nitrogens with zero attached hydrogens (tertiary/aromatic N) is 1. The number of rotatable bonds is 7. The molecule has 1 aromatic carbocycles. The van der Waals surface area contributed by atoms with E-state index >= 15 is 0 Å². The number of urea groups is 1. The van der Waals surface area contributed by atoms with Gasteiger partial charge in [-0.15, -0.1) is 0 Å². The predicted molar refractivity (Wildman–Crippen MR) is 100 cm³/mol. The summed E-state index contributed by atoms with van der Waals surface area (Å²) >= 11 is 0. The standard InChI is InChI=1S/C20H27N3O2/c1-5-25-13-16-10-6-7-11-17(16)22-20(24)23-18(14(2)3)19-15(4)9-8-12-21-19/h6-12,14,18H,5,13H2,1-4H3,(H2,22,23,24)/t18-/m1/s1. The van der Waals surface area contributed by atoms with Gasteiger partial charge in [0.05, 0.1) is 18.3 Å². The molecule has 25 heavy (non-hydrogen) atoms. The van der Waals surface area contributed by atoms with Crippen LogP contribution in [0.15, 0.2) is 42.6 Å². The van der Waals surface area contributed by atoms with Gasteiger partial charge in [-0.3, -0.25) is 4.98 Å². The maximum absolute atomic E-state index is 12.5. The number of para-hydroxylation sites is 1. The molecule has 0 spiro atoms. The molecule has 2 N–H and O–H groups in total. The van der Waals surface area contributed by atoms with Crippen LogP contribution in [-0.4, -0.2) is 17.6 Å². The Labute approximate surface area is 149 Å². The van der Waals surface area contributed by atoms with Crippen LogP contribution in [0, 0.1) is 12.8 Å². The van der Waals surface area contributed by atoms with Gasteiger partial charge in [0.15, 0.2) is 0 Å². The molecule has 2 amide bonds. The van der Waals surface area contributed by atoms with Gasteiger partial charge in [0.25, 0.3) is 0 Å². The lowest BCUT2D eigenvalue weighted by molar-refractivity contribution is 0.134. The molecule has 0 unspecified atom stereocenters. The topological polar surface area (TPSA) is 63.2 Å². The van der Waals surface area contributed by atoms with Crippen molar-refractivity contribution < 1.29 is 9.53 Å². The summed E-state index contributed by atoms with van der Waals surface area (Å²) in [5.74, 6) is 0.220. The highest BCUT2D eigenvalue weighted by molar-refractivity contribution is 5.90. The van der Waals surface area contributed by atoms with E-state index in [1.165, 1.54) is 0 Å². The Morgan fingerprint density at radius 1 is 1.20 bits per heavy atom. The molecule has 0 aliphatic carbocycles. The summed E-state index contributed by atoms with van der Waals surface area (Å²) in [6.07, 6.45) is 1.76. The van der Waals surface area contributed by atoms with Gasteiger partial charge in [-0.2, -0.15) is 0 Å². The fourth-order valence-corrected chi connectivity index (χ4v) is 2.65. The van der Waals surface area contributed by atoms with Crippen LogP contribution < -0.4 is 10.6 Å². The molecule has 2 aromatic rings. The van der Waals surface area contributed by atoms with E-state index in [0.717, 1.165) is 22.5 Å². The second kappa shape index (κ2) is 9.18. The number of nitrogens with one attached hydrogen (secondary N) is 2. The number of anilines is 1. The van der Waals surface area contributed by atoms with Crippen molar-refractivity contribution in [2.45, 2.75) is 40.3 Å². The zero-order valence-corrected chi connectivity index (χ0v) is 15.4. The Morgan fingerprint density at radius 2 is 1.96 bits per heavy atom. The molecule has 1 atom stereocenters. The third kappa shape index (κ3) is 5.29. The van der Waals surface area contributed by atoms with Gasteiger partial charge in [0.2, 0.25) is 0 Å². The quantitative estimate of drug-likeness (QED) is 0.782. The summed E-state index contributed by atoms with van der Waals surface area (Å²) in [5, 5.41) is 5.99. The normalized spacial score (nSPS) is 12.0. The van der Waals surface area contributed by atoms with Gasteiger partial charge in [-0.05, 0) is 37.5 Å². The molecule has 5 heteroatoms. The van der Waals surface area contributed by atoms with E-state index in [4.69, 9.17) is 4.74 Å². The summed E-state index contributed by atoms with van der Waals surface area (Å²) < 4.78 is 5.46. The minimum Gasteiger partial charge on any atom is -0.377 e. The maximum atomic E-state index is 12.5. The predicted octanol–water partition coefficient (Wildman–Crippen LogP) is 4.45. The Hall–Kier alpha value is -2.40. The van der Waals surface area contributed by atoms with Crippen LogP contribution in [-0.2, 0) is 11.3 Å². The number of hydrogen-bond acceptors (Lipinski definition) is 3. The Morgan fingerprint density at radius 3 is 2.64 bits per heavy atom. The van der Waals surface area contributed by atoms with Crippen LogP contribution in [0.2, 0.25) is 0 Å². The fraction of sp³-hybridized carbons (Fsp3) is 0.400. The number of benzene rings is 1.